The van der Waals surface area contributed by atoms with Crippen molar-refractivity contribution in [1.29, 1.82) is 0 Å². The first-order valence-electron chi connectivity index (χ1n) is 4.98. The number of hydrogen-bond donors (Lipinski definition) is 1. The second-order valence-corrected chi connectivity index (χ2v) is 3.43. The van der Waals surface area contributed by atoms with Crippen LogP contribution < -0.4 is 0 Å². The summed E-state index contributed by atoms with van der Waals surface area (Å²) in [6.45, 7) is 0. The lowest BCUT2D eigenvalue weighted by molar-refractivity contribution is -0.118. The van der Waals surface area contributed by atoms with Gasteiger partial charge in [0.05, 0.1) is 0 Å². The van der Waals surface area contributed by atoms with E-state index in [2.05, 4.69) is 9.97 Å². The van der Waals surface area contributed by atoms with Crippen molar-refractivity contribution in [1.82, 2.24) is 9.97 Å². The molecule has 2 aromatic rings. The minimum Gasteiger partial charge on any atom is -0.447 e. The van der Waals surface area contributed by atoms with Crippen LogP contribution in [0.2, 0.25) is 0 Å². The summed E-state index contributed by atoms with van der Waals surface area (Å²) < 4.78 is 11.1. The van der Waals surface area contributed by atoms with Crippen molar-refractivity contribution in [3.63, 3.8) is 0 Å². The molecular formula is C12H10N2O2. The van der Waals surface area contributed by atoms with Gasteiger partial charge >= 0.3 is 5.79 Å². The molecule has 0 unspecified atom stereocenters. The van der Waals surface area contributed by atoms with Crippen LogP contribution >= 0.6 is 0 Å². The van der Waals surface area contributed by atoms with Crippen LogP contribution in [0.25, 0.3) is 0 Å². The molecule has 1 aromatic carbocycles. The fourth-order valence-electron chi connectivity index (χ4n) is 1.76. The molecule has 0 atom stereocenters. The van der Waals surface area contributed by atoms with Crippen LogP contribution in [-0.4, -0.2) is 9.97 Å². The van der Waals surface area contributed by atoms with Crippen LogP contribution in [0.15, 0.2) is 55.2 Å². The summed E-state index contributed by atoms with van der Waals surface area (Å²) in [6.07, 6.45) is 6.46. The first-order valence-corrected chi connectivity index (χ1v) is 4.98. The summed E-state index contributed by atoms with van der Waals surface area (Å²) in [5, 5.41) is 0. The summed E-state index contributed by atoms with van der Waals surface area (Å²) in [5.41, 5.74) is 0.898. The Hall–Kier alpha value is -2.23. The van der Waals surface area contributed by atoms with Crippen LogP contribution in [0.4, 0.5) is 0 Å². The maximum atomic E-state index is 5.57. The second kappa shape index (κ2) is 3.41. The SMILES string of the molecule is C1=COC(c2ccccc2)(c2ncc[nH]2)O1. The molecule has 4 nitrogen and oxygen atoms in total. The lowest BCUT2D eigenvalue weighted by Gasteiger charge is -2.25. The van der Waals surface area contributed by atoms with Crippen LogP contribution in [0.5, 0.6) is 0 Å². The molecule has 0 saturated heterocycles. The van der Waals surface area contributed by atoms with Crippen LogP contribution in [-0.2, 0) is 15.3 Å². The Kier molecular flexibility index (Phi) is 1.93. The molecule has 0 aliphatic carbocycles. The predicted molar refractivity (Wildman–Crippen MR) is 57.1 cm³/mol. The number of benzene rings is 1. The highest BCUT2D eigenvalue weighted by molar-refractivity contribution is 5.28. The summed E-state index contributed by atoms with van der Waals surface area (Å²) in [7, 11) is 0. The van der Waals surface area contributed by atoms with Gasteiger partial charge in [0, 0.05) is 18.0 Å². The van der Waals surface area contributed by atoms with Gasteiger partial charge in [0.25, 0.3) is 0 Å². The predicted octanol–water partition coefficient (Wildman–Crippen LogP) is 2.13. The fraction of sp³-hybridized carbons (Fsp3) is 0.0833. The number of nitrogens with zero attached hydrogens (tertiary/aromatic N) is 1. The van der Waals surface area contributed by atoms with E-state index in [0.29, 0.717) is 5.82 Å². The van der Waals surface area contributed by atoms with Gasteiger partial charge in [-0.1, -0.05) is 30.3 Å². The smallest absolute Gasteiger partial charge is 0.338 e. The van der Waals surface area contributed by atoms with E-state index in [4.69, 9.17) is 9.47 Å². The maximum absolute atomic E-state index is 5.57. The number of aromatic amines is 1. The third-order valence-corrected chi connectivity index (χ3v) is 2.49. The van der Waals surface area contributed by atoms with E-state index >= 15 is 0 Å². The third-order valence-electron chi connectivity index (χ3n) is 2.49. The molecule has 1 aliphatic heterocycles. The minimum atomic E-state index is -0.968. The fourth-order valence-corrected chi connectivity index (χ4v) is 1.76. The molecule has 0 radical (unpaired) electrons. The Labute approximate surface area is 92.5 Å². The Morgan fingerprint density at radius 1 is 1.06 bits per heavy atom. The Morgan fingerprint density at radius 3 is 2.44 bits per heavy atom. The number of nitrogens with one attached hydrogen (secondary N) is 1. The summed E-state index contributed by atoms with van der Waals surface area (Å²) in [4.78, 5) is 7.22. The molecule has 0 spiro atoms. The molecule has 1 N–H and O–H groups in total. The zero-order valence-electron chi connectivity index (χ0n) is 8.46. The average molecular weight is 214 g/mol. The highest BCUT2D eigenvalue weighted by Gasteiger charge is 2.42. The summed E-state index contributed by atoms with van der Waals surface area (Å²) in [6, 6.07) is 9.70. The number of rotatable bonds is 2. The average Bonchev–Trinajstić information content (AvgIpc) is 3.02. The normalized spacial score (nSPS) is 16.8. The number of H-pyrrole nitrogens is 1. The molecule has 0 bridgehead atoms. The second-order valence-electron chi connectivity index (χ2n) is 3.43. The molecular weight excluding hydrogens is 204 g/mol. The molecule has 4 heteroatoms. The summed E-state index contributed by atoms with van der Waals surface area (Å²) in [5.74, 6) is -0.339. The van der Waals surface area contributed by atoms with Gasteiger partial charge in [-0.25, -0.2) is 4.98 Å². The first-order chi connectivity index (χ1) is 7.92. The maximum Gasteiger partial charge on any atom is 0.338 e. The van der Waals surface area contributed by atoms with Crippen LogP contribution in [0.1, 0.15) is 11.4 Å². The van der Waals surface area contributed by atoms with Gasteiger partial charge in [-0.15, -0.1) is 0 Å². The Bertz CT molecular complexity index is 483. The van der Waals surface area contributed by atoms with Crippen molar-refractivity contribution in [2.75, 3.05) is 0 Å². The van der Waals surface area contributed by atoms with Gasteiger partial charge in [-0.3, -0.25) is 0 Å². The van der Waals surface area contributed by atoms with E-state index < -0.39 is 5.79 Å². The number of hydrogen-bond acceptors (Lipinski definition) is 3. The van der Waals surface area contributed by atoms with Gasteiger partial charge in [0.2, 0.25) is 0 Å². The van der Waals surface area contributed by atoms with Gasteiger partial charge in [0.1, 0.15) is 12.5 Å². The standard InChI is InChI=1S/C12H10N2O2/c1-2-4-10(5-3-1)12(15-8-9-16-12)11-13-6-7-14-11/h1-9H,(H,13,14). The zero-order chi connectivity index (χ0) is 10.8. The van der Waals surface area contributed by atoms with Crippen LogP contribution in [0.3, 0.4) is 0 Å². The lowest BCUT2D eigenvalue weighted by Crippen LogP contribution is -2.29. The Balaban J connectivity index is 2.11. The van der Waals surface area contributed by atoms with E-state index in [0.717, 1.165) is 5.56 Å². The van der Waals surface area contributed by atoms with E-state index in [-0.39, 0.29) is 0 Å². The molecule has 1 aliphatic rings. The van der Waals surface area contributed by atoms with Gasteiger partial charge in [-0.05, 0) is 0 Å². The third kappa shape index (κ3) is 1.20. The Morgan fingerprint density at radius 2 is 1.81 bits per heavy atom. The van der Waals surface area contributed by atoms with Crippen molar-refractivity contribution in [3.05, 3.63) is 66.6 Å². The van der Waals surface area contributed by atoms with E-state index in [9.17, 15) is 0 Å². The lowest BCUT2D eigenvalue weighted by atomic mass is 10.1. The largest absolute Gasteiger partial charge is 0.447 e. The monoisotopic (exact) mass is 214 g/mol. The quantitative estimate of drug-likeness (QED) is 0.833. The van der Waals surface area contributed by atoms with Gasteiger partial charge in [0.15, 0.2) is 5.82 Å². The van der Waals surface area contributed by atoms with Crippen molar-refractivity contribution < 1.29 is 9.47 Å². The van der Waals surface area contributed by atoms with E-state index in [1.807, 2.05) is 30.3 Å². The molecule has 1 aromatic heterocycles. The van der Waals surface area contributed by atoms with Crippen molar-refractivity contribution in [2.24, 2.45) is 0 Å². The zero-order valence-corrected chi connectivity index (χ0v) is 8.46. The highest BCUT2D eigenvalue weighted by Crippen LogP contribution is 2.36. The molecule has 80 valence electrons. The topological polar surface area (TPSA) is 47.1 Å². The van der Waals surface area contributed by atoms with Crippen molar-refractivity contribution in [2.45, 2.75) is 5.79 Å². The number of ether oxygens (including phenoxy) is 2. The number of imidazole rings is 1. The molecule has 0 amide bonds. The molecule has 16 heavy (non-hydrogen) atoms. The van der Waals surface area contributed by atoms with E-state index in [1.54, 1.807) is 12.4 Å². The van der Waals surface area contributed by atoms with Crippen LogP contribution in [0, 0.1) is 0 Å². The van der Waals surface area contributed by atoms with Crippen molar-refractivity contribution in [3.8, 4) is 0 Å². The van der Waals surface area contributed by atoms with E-state index in [1.165, 1.54) is 12.5 Å². The van der Waals surface area contributed by atoms with Gasteiger partial charge < -0.3 is 14.5 Å². The molecule has 0 fully saturated rings. The molecule has 3 rings (SSSR count). The summed E-state index contributed by atoms with van der Waals surface area (Å²) >= 11 is 0. The first kappa shape index (κ1) is 9.03. The van der Waals surface area contributed by atoms with Gasteiger partial charge in [-0.2, -0.15) is 0 Å². The highest BCUT2D eigenvalue weighted by atomic mass is 16.7. The molecule has 2 heterocycles. The minimum absolute atomic E-state index is 0.628. The van der Waals surface area contributed by atoms with Crippen molar-refractivity contribution >= 4 is 0 Å². The number of aromatic nitrogens is 2. The molecule has 0 saturated carbocycles.